The van der Waals surface area contributed by atoms with E-state index in [1.165, 1.54) is 0 Å². The molecule has 0 saturated carbocycles. The monoisotopic (exact) mass is 212 g/mol. The van der Waals surface area contributed by atoms with Gasteiger partial charge >= 0.3 is 0 Å². The molecule has 2 nitrogen and oxygen atoms in total. The van der Waals surface area contributed by atoms with E-state index in [0.717, 1.165) is 22.7 Å². The number of benzene rings is 1. The average molecular weight is 213 g/mol. The molecule has 0 aliphatic rings. The zero-order valence-corrected chi connectivity index (χ0v) is 9.43. The fourth-order valence-corrected chi connectivity index (χ4v) is 1.53. The molecule has 0 aromatic heterocycles. The fraction of sp³-hybridized carbons (Fsp3) is 0.455. The molecule has 0 spiro atoms. The van der Waals surface area contributed by atoms with E-state index in [9.17, 15) is 0 Å². The number of rotatable bonds is 4. The molecule has 1 aromatic carbocycles. The third kappa shape index (κ3) is 2.89. The molecule has 3 heteroatoms. The standard InChI is InChI=1S/C11H17ClN2/c1-8(6-7-13)14-11-5-3-4-10(12)9(11)2/h3-5,8,14H,6-7,13H2,1-2H3. The SMILES string of the molecule is Cc1c(Cl)cccc1NC(C)CCN. The minimum absolute atomic E-state index is 0.386. The second kappa shape index (κ2) is 5.23. The molecule has 78 valence electrons. The lowest BCUT2D eigenvalue weighted by Gasteiger charge is -2.16. The van der Waals surface area contributed by atoms with Crippen LogP contribution in [0.5, 0.6) is 0 Å². The van der Waals surface area contributed by atoms with Crippen molar-refractivity contribution in [3.8, 4) is 0 Å². The Morgan fingerprint density at radius 3 is 2.86 bits per heavy atom. The number of nitrogens with two attached hydrogens (primary N) is 1. The van der Waals surface area contributed by atoms with Gasteiger partial charge in [0.1, 0.15) is 0 Å². The first kappa shape index (κ1) is 11.3. The van der Waals surface area contributed by atoms with Gasteiger partial charge in [-0.25, -0.2) is 0 Å². The van der Waals surface area contributed by atoms with Gasteiger partial charge < -0.3 is 11.1 Å². The van der Waals surface area contributed by atoms with Crippen LogP contribution < -0.4 is 11.1 Å². The lowest BCUT2D eigenvalue weighted by molar-refractivity contribution is 0.716. The Bertz CT molecular complexity index is 299. The molecule has 0 radical (unpaired) electrons. The largest absolute Gasteiger partial charge is 0.382 e. The fourth-order valence-electron chi connectivity index (χ4n) is 1.35. The van der Waals surface area contributed by atoms with Crippen LogP contribution in [0.3, 0.4) is 0 Å². The summed E-state index contributed by atoms with van der Waals surface area (Å²) in [6.07, 6.45) is 0.964. The Hall–Kier alpha value is -0.730. The molecule has 14 heavy (non-hydrogen) atoms. The summed E-state index contributed by atoms with van der Waals surface area (Å²) in [5.74, 6) is 0. The first-order valence-electron chi connectivity index (χ1n) is 4.87. The van der Waals surface area contributed by atoms with Crippen LogP contribution in [0.2, 0.25) is 5.02 Å². The number of hydrogen-bond acceptors (Lipinski definition) is 2. The Morgan fingerprint density at radius 2 is 2.21 bits per heavy atom. The Kier molecular flexibility index (Phi) is 4.23. The van der Waals surface area contributed by atoms with Gasteiger partial charge in [-0.15, -0.1) is 0 Å². The number of nitrogens with one attached hydrogen (secondary N) is 1. The molecule has 1 unspecified atom stereocenters. The van der Waals surface area contributed by atoms with E-state index in [4.69, 9.17) is 17.3 Å². The summed E-state index contributed by atoms with van der Waals surface area (Å²) in [7, 11) is 0. The molecule has 3 N–H and O–H groups in total. The molecular weight excluding hydrogens is 196 g/mol. The van der Waals surface area contributed by atoms with Crippen LogP contribution >= 0.6 is 11.6 Å². The van der Waals surface area contributed by atoms with Crippen molar-refractivity contribution in [1.82, 2.24) is 0 Å². The minimum atomic E-state index is 0.386. The highest BCUT2D eigenvalue weighted by atomic mass is 35.5. The van der Waals surface area contributed by atoms with Crippen LogP contribution in [0.25, 0.3) is 0 Å². The first-order chi connectivity index (χ1) is 6.65. The molecule has 1 aromatic rings. The van der Waals surface area contributed by atoms with E-state index in [0.29, 0.717) is 12.6 Å². The predicted octanol–water partition coefficient (Wildman–Crippen LogP) is 2.80. The normalized spacial score (nSPS) is 12.6. The van der Waals surface area contributed by atoms with E-state index >= 15 is 0 Å². The van der Waals surface area contributed by atoms with Crippen LogP contribution in [0.4, 0.5) is 5.69 Å². The number of hydrogen-bond donors (Lipinski definition) is 2. The Balaban J connectivity index is 2.71. The van der Waals surface area contributed by atoms with Gasteiger partial charge in [-0.1, -0.05) is 17.7 Å². The van der Waals surface area contributed by atoms with Crippen LogP contribution in [-0.4, -0.2) is 12.6 Å². The van der Waals surface area contributed by atoms with Gasteiger partial charge in [-0.2, -0.15) is 0 Å². The van der Waals surface area contributed by atoms with Crippen LogP contribution in [0, 0.1) is 6.92 Å². The summed E-state index contributed by atoms with van der Waals surface area (Å²) in [5.41, 5.74) is 7.68. The third-order valence-corrected chi connectivity index (χ3v) is 2.68. The van der Waals surface area contributed by atoms with Gasteiger partial charge in [0.2, 0.25) is 0 Å². The summed E-state index contributed by atoms with van der Waals surface area (Å²) in [6, 6.07) is 6.27. The predicted molar refractivity (Wildman–Crippen MR) is 62.9 cm³/mol. The highest BCUT2D eigenvalue weighted by Gasteiger charge is 2.04. The van der Waals surface area contributed by atoms with Gasteiger partial charge in [-0.05, 0) is 44.5 Å². The zero-order valence-electron chi connectivity index (χ0n) is 8.68. The van der Waals surface area contributed by atoms with Crippen LogP contribution in [0.15, 0.2) is 18.2 Å². The second-order valence-electron chi connectivity index (χ2n) is 3.54. The Morgan fingerprint density at radius 1 is 1.50 bits per heavy atom. The lowest BCUT2D eigenvalue weighted by Crippen LogP contribution is -2.19. The molecule has 0 heterocycles. The van der Waals surface area contributed by atoms with E-state index in [2.05, 4.69) is 12.2 Å². The summed E-state index contributed by atoms with van der Waals surface area (Å²) in [4.78, 5) is 0. The smallest absolute Gasteiger partial charge is 0.0455 e. The van der Waals surface area contributed by atoms with Crippen molar-refractivity contribution in [2.24, 2.45) is 5.73 Å². The van der Waals surface area contributed by atoms with Crippen LogP contribution in [-0.2, 0) is 0 Å². The molecule has 1 rings (SSSR count). The van der Waals surface area contributed by atoms with E-state index in [1.807, 2.05) is 25.1 Å². The summed E-state index contributed by atoms with van der Waals surface area (Å²) in [5, 5.41) is 4.19. The van der Waals surface area contributed by atoms with Crippen molar-refractivity contribution < 1.29 is 0 Å². The van der Waals surface area contributed by atoms with Crippen molar-refractivity contribution in [2.45, 2.75) is 26.3 Å². The van der Waals surface area contributed by atoms with Crippen molar-refractivity contribution in [3.05, 3.63) is 28.8 Å². The quantitative estimate of drug-likeness (QED) is 0.806. The average Bonchev–Trinajstić information content (AvgIpc) is 2.13. The highest BCUT2D eigenvalue weighted by Crippen LogP contribution is 2.23. The maximum atomic E-state index is 6.01. The van der Waals surface area contributed by atoms with Crippen LogP contribution in [0.1, 0.15) is 18.9 Å². The van der Waals surface area contributed by atoms with Crippen molar-refractivity contribution in [1.29, 1.82) is 0 Å². The van der Waals surface area contributed by atoms with Crippen molar-refractivity contribution in [3.63, 3.8) is 0 Å². The zero-order chi connectivity index (χ0) is 10.6. The highest BCUT2D eigenvalue weighted by molar-refractivity contribution is 6.31. The maximum Gasteiger partial charge on any atom is 0.0455 e. The summed E-state index contributed by atoms with van der Waals surface area (Å²) >= 11 is 6.01. The first-order valence-corrected chi connectivity index (χ1v) is 5.24. The molecule has 0 aliphatic carbocycles. The topological polar surface area (TPSA) is 38.0 Å². The van der Waals surface area contributed by atoms with Gasteiger partial charge in [0.25, 0.3) is 0 Å². The molecule has 0 fully saturated rings. The summed E-state index contributed by atoms with van der Waals surface area (Å²) in [6.45, 7) is 4.83. The van der Waals surface area contributed by atoms with Gasteiger partial charge in [-0.3, -0.25) is 0 Å². The lowest BCUT2D eigenvalue weighted by atomic mass is 10.1. The molecule has 1 atom stereocenters. The molecule has 0 amide bonds. The molecular formula is C11H17ClN2. The van der Waals surface area contributed by atoms with E-state index < -0.39 is 0 Å². The third-order valence-electron chi connectivity index (χ3n) is 2.27. The summed E-state index contributed by atoms with van der Waals surface area (Å²) < 4.78 is 0. The van der Waals surface area contributed by atoms with Gasteiger partial charge in [0, 0.05) is 16.8 Å². The molecule has 0 aliphatic heterocycles. The van der Waals surface area contributed by atoms with Crippen molar-refractivity contribution >= 4 is 17.3 Å². The number of halogens is 1. The molecule has 0 bridgehead atoms. The molecule has 0 saturated heterocycles. The van der Waals surface area contributed by atoms with Gasteiger partial charge in [0.05, 0.1) is 0 Å². The van der Waals surface area contributed by atoms with E-state index in [-0.39, 0.29) is 0 Å². The minimum Gasteiger partial charge on any atom is -0.382 e. The Labute approximate surface area is 90.4 Å². The van der Waals surface area contributed by atoms with Crippen molar-refractivity contribution in [2.75, 3.05) is 11.9 Å². The second-order valence-corrected chi connectivity index (χ2v) is 3.94. The number of anilines is 1. The maximum absolute atomic E-state index is 6.01. The van der Waals surface area contributed by atoms with E-state index in [1.54, 1.807) is 0 Å². The van der Waals surface area contributed by atoms with Gasteiger partial charge in [0.15, 0.2) is 0 Å².